The molecule has 0 aliphatic carbocycles. The highest BCUT2D eigenvalue weighted by Gasteiger charge is 2.31. The standard InChI is InChI=1S/C15H17N3O2S2/c1-18(2)10-5-3-9(4-6-10)12-7-16-13(22-12)14-17-11(8-21-14)15(19)20/h3-7,11,14,17H,8H2,1-2H3,(H,19,20). The number of benzene rings is 1. The fourth-order valence-corrected chi connectivity index (χ4v) is 4.52. The van der Waals surface area contributed by atoms with E-state index in [2.05, 4.69) is 39.5 Å². The number of thiazole rings is 1. The summed E-state index contributed by atoms with van der Waals surface area (Å²) in [5.74, 6) is -0.224. The van der Waals surface area contributed by atoms with Crippen molar-refractivity contribution in [2.24, 2.45) is 0 Å². The van der Waals surface area contributed by atoms with Crippen LogP contribution in [0, 0.1) is 0 Å². The first-order chi connectivity index (χ1) is 10.5. The molecule has 22 heavy (non-hydrogen) atoms. The molecule has 0 saturated carbocycles. The third-order valence-electron chi connectivity index (χ3n) is 3.50. The lowest BCUT2D eigenvalue weighted by Gasteiger charge is -2.12. The highest BCUT2D eigenvalue weighted by atomic mass is 32.2. The van der Waals surface area contributed by atoms with E-state index in [0.29, 0.717) is 5.75 Å². The van der Waals surface area contributed by atoms with E-state index in [1.54, 1.807) is 23.1 Å². The maximum absolute atomic E-state index is 11.0. The Bertz CT molecular complexity index is 670. The van der Waals surface area contributed by atoms with Gasteiger partial charge in [-0.2, -0.15) is 0 Å². The molecule has 2 heterocycles. The van der Waals surface area contributed by atoms with E-state index in [9.17, 15) is 4.79 Å². The Kier molecular flexibility index (Phi) is 4.37. The molecule has 5 nitrogen and oxygen atoms in total. The number of anilines is 1. The van der Waals surface area contributed by atoms with Gasteiger partial charge in [-0.1, -0.05) is 12.1 Å². The van der Waals surface area contributed by atoms with Crippen LogP contribution in [0.15, 0.2) is 30.5 Å². The number of carbonyl (C=O) groups is 1. The van der Waals surface area contributed by atoms with Gasteiger partial charge >= 0.3 is 5.97 Å². The van der Waals surface area contributed by atoms with Gasteiger partial charge in [0.1, 0.15) is 16.4 Å². The molecule has 2 aromatic rings. The van der Waals surface area contributed by atoms with Crippen LogP contribution in [0.25, 0.3) is 10.4 Å². The number of aromatic nitrogens is 1. The minimum Gasteiger partial charge on any atom is -0.480 e. The third-order valence-corrected chi connectivity index (χ3v) is 5.98. The van der Waals surface area contributed by atoms with Gasteiger partial charge in [0, 0.05) is 31.7 Å². The van der Waals surface area contributed by atoms with Crippen molar-refractivity contribution in [1.29, 1.82) is 0 Å². The zero-order valence-electron chi connectivity index (χ0n) is 12.3. The lowest BCUT2D eigenvalue weighted by atomic mass is 10.2. The maximum Gasteiger partial charge on any atom is 0.321 e. The molecule has 7 heteroatoms. The Morgan fingerprint density at radius 3 is 2.68 bits per heavy atom. The SMILES string of the molecule is CN(C)c1ccc(-c2cnc(C3NC(C(=O)O)CS3)s2)cc1. The van der Waals surface area contributed by atoms with Crippen molar-refractivity contribution in [1.82, 2.24) is 10.3 Å². The number of hydrogen-bond acceptors (Lipinski definition) is 6. The Labute approximate surface area is 137 Å². The molecule has 0 spiro atoms. The van der Waals surface area contributed by atoms with Crippen molar-refractivity contribution >= 4 is 34.8 Å². The van der Waals surface area contributed by atoms with Crippen LogP contribution in [0.4, 0.5) is 5.69 Å². The van der Waals surface area contributed by atoms with Crippen LogP contribution in [0.1, 0.15) is 10.4 Å². The second kappa shape index (κ2) is 6.28. The minimum absolute atomic E-state index is 0.0269. The van der Waals surface area contributed by atoms with Crippen LogP contribution in [-0.4, -0.2) is 41.9 Å². The van der Waals surface area contributed by atoms with Crippen LogP contribution in [0.3, 0.4) is 0 Å². The number of nitrogens with one attached hydrogen (secondary N) is 1. The summed E-state index contributed by atoms with van der Waals surface area (Å²) in [5.41, 5.74) is 2.29. The number of aliphatic carboxylic acids is 1. The van der Waals surface area contributed by atoms with Crippen molar-refractivity contribution < 1.29 is 9.90 Å². The molecule has 1 aliphatic rings. The van der Waals surface area contributed by atoms with Gasteiger partial charge in [0.2, 0.25) is 0 Å². The topological polar surface area (TPSA) is 65.5 Å². The zero-order valence-corrected chi connectivity index (χ0v) is 13.9. The summed E-state index contributed by atoms with van der Waals surface area (Å²) in [4.78, 5) is 18.6. The van der Waals surface area contributed by atoms with E-state index in [1.807, 2.05) is 20.3 Å². The number of carboxylic acids is 1. The van der Waals surface area contributed by atoms with E-state index in [-0.39, 0.29) is 5.37 Å². The lowest BCUT2D eigenvalue weighted by Crippen LogP contribution is -2.33. The van der Waals surface area contributed by atoms with Crippen molar-refractivity contribution in [3.8, 4) is 10.4 Å². The van der Waals surface area contributed by atoms with Gasteiger partial charge in [-0.3, -0.25) is 10.1 Å². The van der Waals surface area contributed by atoms with Crippen molar-refractivity contribution in [3.05, 3.63) is 35.5 Å². The highest BCUT2D eigenvalue weighted by molar-refractivity contribution is 7.99. The van der Waals surface area contributed by atoms with Crippen molar-refractivity contribution in [3.63, 3.8) is 0 Å². The van der Waals surface area contributed by atoms with E-state index >= 15 is 0 Å². The number of carboxylic acid groups (broad SMARTS) is 1. The first-order valence-electron chi connectivity index (χ1n) is 6.88. The molecule has 0 bridgehead atoms. The maximum atomic E-state index is 11.0. The quantitative estimate of drug-likeness (QED) is 0.895. The number of hydrogen-bond donors (Lipinski definition) is 2. The van der Waals surface area contributed by atoms with Gasteiger partial charge in [-0.15, -0.1) is 23.1 Å². The molecule has 3 rings (SSSR count). The Morgan fingerprint density at radius 1 is 1.36 bits per heavy atom. The molecular weight excluding hydrogens is 318 g/mol. The van der Waals surface area contributed by atoms with Crippen LogP contribution in [0.2, 0.25) is 0 Å². The monoisotopic (exact) mass is 335 g/mol. The van der Waals surface area contributed by atoms with Gasteiger partial charge in [0.05, 0.1) is 4.88 Å². The summed E-state index contributed by atoms with van der Waals surface area (Å²) < 4.78 is 0. The molecule has 1 aromatic carbocycles. The second-order valence-electron chi connectivity index (χ2n) is 5.27. The number of nitrogens with zero attached hydrogens (tertiary/aromatic N) is 2. The Hall–Kier alpha value is -1.57. The lowest BCUT2D eigenvalue weighted by molar-refractivity contribution is -0.138. The average Bonchev–Trinajstić information content (AvgIpc) is 3.16. The summed E-state index contributed by atoms with van der Waals surface area (Å²) >= 11 is 3.21. The molecule has 1 fully saturated rings. The summed E-state index contributed by atoms with van der Waals surface area (Å²) in [6.07, 6.45) is 1.86. The molecule has 1 saturated heterocycles. The zero-order chi connectivity index (χ0) is 15.7. The smallest absolute Gasteiger partial charge is 0.321 e. The van der Waals surface area contributed by atoms with Crippen LogP contribution < -0.4 is 10.2 Å². The fourth-order valence-electron chi connectivity index (χ4n) is 2.22. The van der Waals surface area contributed by atoms with Crippen LogP contribution in [-0.2, 0) is 4.79 Å². The molecule has 2 atom stereocenters. The molecule has 116 valence electrons. The predicted octanol–water partition coefficient (Wildman–Crippen LogP) is 2.66. The first kappa shape index (κ1) is 15.3. The van der Waals surface area contributed by atoms with Crippen LogP contribution >= 0.6 is 23.1 Å². The van der Waals surface area contributed by atoms with Crippen LogP contribution in [0.5, 0.6) is 0 Å². The summed E-state index contributed by atoms with van der Waals surface area (Å²) in [5, 5.41) is 13.0. The van der Waals surface area contributed by atoms with Crippen molar-refractivity contribution in [2.75, 3.05) is 24.7 Å². The van der Waals surface area contributed by atoms with Gasteiger partial charge in [0.15, 0.2) is 0 Å². The molecule has 1 aromatic heterocycles. The van der Waals surface area contributed by atoms with E-state index in [1.165, 1.54) is 0 Å². The third kappa shape index (κ3) is 3.11. The molecule has 0 radical (unpaired) electrons. The van der Waals surface area contributed by atoms with Gasteiger partial charge in [0.25, 0.3) is 0 Å². The Balaban J connectivity index is 1.75. The van der Waals surface area contributed by atoms with Gasteiger partial charge < -0.3 is 10.0 Å². The predicted molar refractivity (Wildman–Crippen MR) is 91.6 cm³/mol. The summed E-state index contributed by atoms with van der Waals surface area (Å²) in [7, 11) is 4.03. The summed E-state index contributed by atoms with van der Waals surface area (Å²) in [6, 6.07) is 7.85. The second-order valence-corrected chi connectivity index (χ2v) is 7.48. The highest BCUT2D eigenvalue weighted by Crippen LogP contribution is 2.37. The molecule has 2 N–H and O–H groups in total. The fraction of sp³-hybridized carbons (Fsp3) is 0.333. The average molecular weight is 335 g/mol. The van der Waals surface area contributed by atoms with E-state index in [4.69, 9.17) is 5.11 Å². The Morgan fingerprint density at radius 2 is 2.09 bits per heavy atom. The van der Waals surface area contributed by atoms with Gasteiger partial charge in [-0.25, -0.2) is 4.98 Å². The molecule has 2 unspecified atom stereocenters. The van der Waals surface area contributed by atoms with Crippen molar-refractivity contribution in [2.45, 2.75) is 11.4 Å². The van der Waals surface area contributed by atoms with E-state index in [0.717, 1.165) is 21.1 Å². The number of rotatable bonds is 4. The molecular formula is C15H17N3O2S2. The first-order valence-corrected chi connectivity index (χ1v) is 8.75. The normalized spacial score (nSPS) is 21.0. The molecule has 1 aliphatic heterocycles. The van der Waals surface area contributed by atoms with Gasteiger partial charge in [-0.05, 0) is 17.7 Å². The summed E-state index contributed by atoms with van der Waals surface area (Å²) in [6.45, 7) is 0. The van der Waals surface area contributed by atoms with E-state index < -0.39 is 12.0 Å². The molecule has 0 amide bonds. The minimum atomic E-state index is -0.800. The largest absolute Gasteiger partial charge is 0.480 e. The number of thioether (sulfide) groups is 1.